The average Bonchev–Trinajstić information content (AvgIpc) is 3.23. The molecule has 0 bridgehead atoms. The maximum absolute atomic E-state index is 12.7. The van der Waals surface area contributed by atoms with Crippen LogP contribution in [0.1, 0.15) is 15.9 Å². The number of carbonyl (C=O) groups is 1. The summed E-state index contributed by atoms with van der Waals surface area (Å²) in [5, 5.41) is 16.6. The number of benzene rings is 3. The maximum Gasteiger partial charge on any atom is 0.273 e. The van der Waals surface area contributed by atoms with E-state index in [2.05, 4.69) is 15.6 Å². The van der Waals surface area contributed by atoms with Crippen LogP contribution in [-0.4, -0.2) is 28.0 Å². The molecule has 9 nitrogen and oxygen atoms in total. The quantitative estimate of drug-likeness (QED) is 0.245. The number of hydrogen-bond acceptors (Lipinski definition) is 7. The lowest BCUT2D eigenvalue weighted by molar-refractivity contribution is -0.385. The largest absolute Gasteiger partial charge is 0.495 e. The van der Waals surface area contributed by atoms with Crippen LogP contribution in [0.2, 0.25) is 0 Å². The molecular formula is C23H18N4O5S. The Labute approximate surface area is 193 Å². The number of carbonyl (C=O) groups excluding carboxylic acids is 1. The molecule has 0 aliphatic heterocycles. The number of nitrogens with zero attached hydrogens (tertiary/aromatic N) is 2. The Balaban J connectivity index is 1.56. The number of ether oxygens (including phenoxy) is 1. The summed E-state index contributed by atoms with van der Waals surface area (Å²) in [6.07, 6.45) is 0. The number of nitro groups is 1. The van der Waals surface area contributed by atoms with E-state index in [1.54, 1.807) is 18.2 Å². The number of oxazole rings is 1. The molecule has 0 atom stereocenters. The molecule has 33 heavy (non-hydrogen) atoms. The molecule has 1 aromatic heterocycles. The van der Waals surface area contributed by atoms with Crippen molar-refractivity contribution in [2.75, 3.05) is 12.4 Å². The monoisotopic (exact) mass is 462 g/mol. The summed E-state index contributed by atoms with van der Waals surface area (Å²) >= 11 is 5.29. The normalized spacial score (nSPS) is 10.6. The van der Waals surface area contributed by atoms with Crippen LogP contribution in [0.25, 0.3) is 22.6 Å². The van der Waals surface area contributed by atoms with Gasteiger partial charge in [0.1, 0.15) is 11.3 Å². The van der Waals surface area contributed by atoms with Crippen molar-refractivity contribution in [1.29, 1.82) is 0 Å². The van der Waals surface area contributed by atoms with Gasteiger partial charge in [-0.15, -0.1) is 0 Å². The number of aromatic nitrogens is 1. The van der Waals surface area contributed by atoms with Gasteiger partial charge in [-0.3, -0.25) is 20.2 Å². The fourth-order valence-electron chi connectivity index (χ4n) is 3.33. The molecule has 166 valence electrons. The molecule has 1 heterocycles. The minimum absolute atomic E-state index is 0.000999. The Hall–Kier alpha value is -4.31. The first-order valence-corrected chi connectivity index (χ1v) is 10.2. The Morgan fingerprint density at radius 3 is 2.67 bits per heavy atom. The smallest absolute Gasteiger partial charge is 0.273 e. The summed E-state index contributed by atoms with van der Waals surface area (Å²) in [4.78, 5) is 27.8. The fraction of sp³-hybridized carbons (Fsp3) is 0.0870. The highest BCUT2D eigenvalue weighted by atomic mass is 32.1. The summed E-state index contributed by atoms with van der Waals surface area (Å²) in [7, 11) is 1.51. The molecule has 4 aromatic rings. The highest BCUT2D eigenvalue weighted by Gasteiger charge is 2.19. The van der Waals surface area contributed by atoms with Gasteiger partial charge in [-0.1, -0.05) is 18.2 Å². The van der Waals surface area contributed by atoms with Crippen molar-refractivity contribution < 1.29 is 18.9 Å². The molecule has 1 amide bonds. The Morgan fingerprint density at radius 1 is 1.15 bits per heavy atom. The van der Waals surface area contributed by atoms with Gasteiger partial charge in [-0.25, -0.2) is 4.98 Å². The maximum atomic E-state index is 12.7. The predicted octanol–water partition coefficient (Wildman–Crippen LogP) is 4.85. The van der Waals surface area contributed by atoms with Crippen LogP contribution in [0, 0.1) is 17.0 Å². The highest BCUT2D eigenvalue weighted by molar-refractivity contribution is 7.80. The lowest BCUT2D eigenvalue weighted by Gasteiger charge is -2.14. The molecule has 10 heteroatoms. The van der Waals surface area contributed by atoms with Crippen molar-refractivity contribution in [2.24, 2.45) is 0 Å². The number of para-hydroxylation sites is 2. The van der Waals surface area contributed by atoms with Gasteiger partial charge in [0, 0.05) is 22.8 Å². The highest BCUT2D eigenvalue weighted by Crippen LogP contribution is 2.32. The van der Waals surface area contributed by atoms with E-state index in [1.807, 2.05) is 24.3 Å². The van der Waals surface area contributed by atoms with Crippen LogP contribution in [0.5, 0.6) is 5.75 Å². The molecule has 2 N–H and O–H groups in total. The van der Waals surface area contributed by atoms with Crippen LogP contribution < -0.4 is 15.4 Å². The number of fused-ring (bicyclic) bond motifs is 1. The zero-order chi connectivity index (χ0) is 23.5. The van der Waals surface area contributed by atoms with E-state index < -0.39 is 10.8 Å². The third-order valence-electron chi connectivity index (χ3n) is 4.96. The molecule has 0 spiro atoms. The van der Waals surface area contributed by atoms with Gasteiger partial charge >= 0.3 is 0 Å². The third kappa shape index (κ3) is 4.51. The van der Waals surface area contributed by atoms with Crippen molar-refractivity contribution in [3.8, 4) is 17.2 Å². The van der Waals surface area contributed by atoms with E-state index in [-0.39, 0.29) is 21.9 Å². The van der Waals surface area contributed by atoms with E-state index in [0.717, 1.165) is 5.52 Å². The van der Waals surface area contributed by atoms with E-state index in [4.69, 9.17) is 21.4 Å². The summed E-state index contributed by atoms with van der Waals surface area (Å²) in [5.41, 5.74) is 2.81. The molecule has 3 aromatic carbocycles. The summed E-state index contributed by atoms with van der Waals surface area (Å²) in [6, 6.07) is 17.0. The Morgan fingerprint density at radius 2 is 1.94 bits per heavy atom. The number of methoxy groups -OCH3 is 1. The van der Waals surface area contributed by atoms with Crippen LogP contribution in [0.4, 0.5) is 11.4 Å². The van der Waals surface area contributed by atoms with Gasteiger partial charge in [0.2, 0.25) is 5.89 Å². The number of amides is 1. The van der Waals surface area contributed by atoms with Crippen LogP contribution >= 0.6 is 12.2 Å². The van der Waals surface area contributed by atoms with Gasteiger partial charge in [0.05, 0.1) is 17.7 Å². The fourth-order valence-corrected chi connectivity index (χ4v) is 3.53. The van der Waals surface area contributed by atoms with Gasteiger partial charge in [0.15, 0.2) is 10.7 Å². The molecule has 0 aliphatic rings. The standard InChI is InChI=1S/C23H18N4O5S/c1-13-15(6-5-8-18(13)27(29)30)21(28)26-23(33)25-17-12-14(10-11-19(17)31-2)22-24-16-7-3-4-9-20(16)32-22/h3-12H,1-2H3,(H2,25,26,28,33). The summed E-state index contributed by atoms with van der Waals surface area (Å²) in [5.74, 6) is 0.338. The molecule has 4 rings (SSSR count). The van der Waals surface area contributed by atoms with Crippen LogP contribution in [0.15, 0.2) is 65.1 Å². The van der Waals surface area contributed by atoms with Crippen LogP contribution in [-0.2, 0) is 0 Å². The second-order valence-corrected chi connectivity index (χ2v) is 7.43. The third-order valence-corrected chi connectivity index (χ3v) is 5.17. The first kappa shape index (κ1) is 21.9. The number of hydrogen-bond donors (Lipinski definition) is 2. The first-order chi connectivity index (χ1) is 15.9. The zero-order valence-corrected chi connectivity index (χ0v) is 18.4. The molecular weight excluding hydrogens is 444 g/mol. The average molecular weight is 462 g/mol. The second-order valence-electron chi connectivity index (χ2n) is 7.02. The molecule has 0 saturated carbocycles. The first-order valence-electron chi connectivity index (χ1n) is 9.77. The van der Waals surface area contributed by atoms with Crippen molar-refractivity contribution in [3.63, 3.8) is 0 Å². The number of nitrogens with one attached hydrogen (secondary N) is 2. The SMILES string of the molecule is COc1ccc(-c2nc3ccccc3o2)cc1NC(=S)NC(=O)c1cccc([N+](=O)[O-])c1C. The Kier molecular flexibility index (Phi) is 6.01. The summed E-state index contributed by atoms with van der Waals surface area (Å²) < 4.78 is 11.2. The second kappa shape index (κ2) is 9.05. The van der Waals surface area contributed by atoms with Crippen molar-refractivity contribution in [2.45, 2.75) is 6.92 Å². The summed E-state index contributed by atoms with van der Waals surface area (Å²) in [6.45, 7) is 1.51. The number of anilines is 1. The molecule has 0 radical (unpaired) electrons. The van der Waals surface area contributed by atoms with Gasteiger partial charge in [-0.05, 0) is 55.5 Å². The van der Waals surface area contributed by atoms with E-state index >= 15 is 0 Å². The van der Waals surface area contributed by atoms with Crippen molar-refractivity contribution in [3.05, 3.63) is 81.9 Å². The van der Waals surface area contributed by atoms with E-state index in [0.29, 0.717) is 28.5 Å². The van der Waals surface area contributed by atoms with Gasteiger partial charge in [-0.2, -0.15) is 0 Å². The van der Waals surface area contributed by atoms with Crippen molar-refractivity contribution >= 4 is 45.7 Å². The lowest BCUT2D eigenvalue weighted by atomic mass is 10.1. The minimum Gasteiger partial charge on any atom is -0.495 e. The minimum atomic E-state index is -0.567. The molecule has 0 saturated heterocycles. The predicted molar refractivity (Wildman–Crippen MR) is 128 cm³/mol. The number of rotatable bonds is 5. The topological polar surface area (TPSA) is 120 Å². The van der Waals surface area contributed by atoms with Crippen molar-refractivity contribution in [1.82, 2.24) is 10.3 Å². The van der Waals surface area contributed by atoms with Crippen LogP contribution in [0.3, 0.4) is 0 Å². The molecule has 0 aliphatic carbocycles. The zero-order valence-electron chi connectivity index (χ0n) is 17.6. The number of nitro benzene ring substituents is 1. The Bertz CT molecular complexity index is 1370. The van der Waals surface area contributed by atoms with E-state index in [1.165, 1.54) is 32.2 Å². The molecule has 0 fully saturated rings. The van der Waals surface area contributed by atoms with Gasteiger partial charge in [0.25, 0.3) is 11.6 Å². The molecule has 0 unspecified atom stereocenters. The van der Waals surface area contributed by atoms with Gasteiger partial charge < -0.3 is 14.5 Å². The van der Waals surface area contributed by atoms with E-state index in [9.17, 15) is 14.9 Å². The number of thiocarbonyl (C=S) groups is 1. The lowest BCUT2D eigenvalue weighted by Crippen LogP contribution is -2.34.